The lowest BCUT2D eigenvalue weighted by Crippen LogP contribution is -2.55. The lowest BCUT2D eigenvalue weighted by molar-refractivity contribution is -0.150. The Hall–Kier alpha value is -2.16. The van der Waals surface area contributed by atoms with Gasteiger partial charge >= 0.3 is 11.9 Å². The van der Waals surface area contributed by atoms with Gasteiger partial charge in [-0.25, -0.2) is 4.79 Å². The summed E-state index contributed by atoms with van der Waals surface area (Å²) in [5.41, 5.74) is 13.6. The van der Waals surface area contributed by atoms with Gasteiger partial charge in [0.2, 0.25) is 0 Å². The Morgan fingerprint density at radius 2 is 1.68 bits per heavy atom. The van der Waals surface area contributed by atoms with Gasteiger partial charge in [0.05, 0.1) is 6.42 Å². The lowest BCUT2D eigenvalue weighted by Gasteiger charge is -2.22. The largest absolute Gasteiger partial charge is 0.481 e. The third-order valence-corrected chi connectivity index (χ3v) is 2.47. The minimum Gasteiger partial charge on any atom is -0.481 e. The third-order valence-electron chi connectivity index (χ3n) is 2.47. The Morgan fingerprint density at radius 3 is 2.11 bits per heavy atom. The summed E-state index contributed by atoms with van der Waals surface area (Å²) in [5, 5.41) is 17.5. The predicted molar refractivity (Wildman–Crippen MR) is 66.3 cm³/mol. The average Bonchev–Trinajstić information content (AvgIpc) is 2.30. The lowest BCUT2D eigenvalue weighted by atomic mass is 9.87. The van der Waals surface area contributed by atoms with E-state index in [1.807, 2.05) is 0 Å². The maximum atomic E-state index is 11.7. The molecule has 9 nitrogen and oxygen atoms in total. The van der Waals surface area contributed by atoms with E-state index in [9.17, 15) is 14.4 Å². The van der Waals surface area contributed by atoms with E-state index in [0.717, 1.165) is 0 Å². The molecule has 1 atom stereocenters. The number of aliphatic imine (C=N–C) groups is 1. The Balaban J connectivity index is 4.57. The molecular formula is C10H18N4O5. The monoisotopic (exact) mass is 274 g/mol. The van der Waals surface area contributed by atoms with Crippen molar-refractivity contribution >= 4 is 23.7 Å². The van der Waals surface area contributed by atoms with Crippen LogP contribution in [0.5, 0.6) is 0 Å². The van der Waals surface area contributed by atoms with Crippen molar-refractivity contribution in [2.45, 2.75) is 31.2 Å². The van der Waals surface area contributed by atoms with Crippen molar-refractivity contribution in [3.8, 4) is 0 Å². The molecule has 0 aliphatic carbocycles. The number of hydrogen-bond donors (Lipinski definition) is 5. The first-order valence-corrected chi connectivity index (χ1v) is 5.53. The van der Waals surface area contributed by atoms with Crippen molar-refractivity contribution in [3.63, 3.8) is 0 Å². The first kappa shape index (κ1) is 16.8. The van der Waals surface area contributed by atoms with Crippen molar-refractivity contribution in [1.82, 2.24) is 0 Å². The summed E-state index contributed by atoms with van der Waals surface area (Å²) in [6, 6.07) is 0. The SMILES string of the molecule is NC(N)=NCCC[C@](N)(C(=O)O)C(=O)CCC(=O)O. The zero-order valence-corrected chi connectivity index (χ0v) is 10.3. The molecule has 0 unspecified atom stereocenters. The summed E-state index contributed by atoms with van der Waals surface area (Å²) in [6.07, 6.45) is -0.865. The van der Waals surface area contributed by atoms with Crippen molar-refractivity contribution in [2.75, 3.05) is 6.54 Å². The van der Waals surface area contributed by atoms with Crippen LogP contribution >= 0.6 is 0 Å². The molecule has 9 heteroatoms. The van der Waals surface area contributed by atoms with Crippen LogP contribution in [0.15, 0.2) is 4.99 Å². The van der Waals surface area contributed by atoms with Gasteiger partial charge in [-0.15, -0.1) is 0 Å². The van der Waals surface area contributed by atoms with Crippen LogP contribution < -0.4 is 17.2 Å². The first-order chi connectivity index (χ1) is 8.70. The fourth-order valence-corrected chi connectivity index (χ4v) is 1.38. The molecule has 0 amide bonds. The van der Waals surface area contributed by atoms with E-state index in [1.54, 1.807) is 0 Å². The van der Waals surface area contributed by atoms with E-state index in [0.29, 0.717) is 0 Å². The quantitative estimate of drug-likeness (QED) is 0.142. The molecule has 0 aromatic carbocycles. The Kier molecular flexibility index (Phi) is 6.48. The highest BCUT2D eigenvalue weighted by Gasteiger charge is 2.40. The number of aliphatic carboxylic acids is 2. The minimum atomic E-state index is -2.10. The normalized spacial score (nSPS) is 13.3. The molecule has 19 heavy (non-hydrogen) atoms. The minimum absolute atomic E-state index is 0.140. The Labute approximate surface area is 109 Å². The molecule has 0 fully saturated rings. The molecule has 0 radical (unpaired) electrons. The van der Waals surface area contributed by atoms with Gasteiger partial charge in [-0.3, -0.25) is 14.6 Å². The molecule has 0 saturated heterocycles. The number of rotatable bonds is 9. The fraction of sp³-hybridized carbons (Fsp3) is 0.600. The Bertz CT molecular complexity index is 391. The van der Waals surface area contributed by atoms with Gasteiger partial charge in [0.1, 0.15) is 0 Å². The van der Waals surface area contributed by atoms with E-state index >= 15 is 0 Å². The number of nitrogens with two attached hydrogens (primary N) is 3. The summed E-state index contributed by atoms with van der Waals surface area (Å²) >= 11 is 0. The van der Waals surface area contributed by atoms with Crippen molar-refractivity contribution in [3.05, 3.63) is 0 Å². The van der Waals surface area contributed by atoms with Crippen molar-refractivity contribution in [2.24, 2.45) is 22.2 Å². The number of Topliss-reactive ketones (excluding diaryl/α,β-unsaturated/α-hetero) is 1. The van der Waals surface area contributed by atoms with Gasteiger partial charge in [0.15, 0.2) is 17.3 Å². The van der Waals surface area contributed by atoms with Crippen molar-refractivity contribution in [1.29, 1.82) is 0 Å². The van der Waals surface area contributed by atoms with Gasteiger partial charge in [0, 0.05) is 13.0 Å². The Morgan fingerprint density at radius 1 is 1.11 bits per heavy atom. The van der Waals surface area contributed by atoms with Crippen LogP contribution in [0.2, 0.25) is 0 Å². The summed E-state index contributed by atoms with van der Waals surface area (Å²) in [5.74, 6) is -3.66. The van der Waals surface area contributed by atoms with Gasteiger partial charge in [-0.2, -0.15) is 0 Å². The fourth-order valence-electron chi connectivity index (χ4n) is 1.38. The second-order valence-electron chi connectivity index (χ2n) is 4.00. The van der Waals surface area contributed by atoms with Crippen molar-refractivity contribution < 1.29 is 24.6 Å². The summed E-state index contributed by atoms with van der Waals surface area (Å²) in [4.78, 5) is 36.7. The van der Waals surface area contributed by atoms with E-state index in [-0.39, 0.29) is 25.3 Å². The van der Waals surface area contributed by atoms with E-state index in [4.69, 9.17) is 27.4 Å². The first-order valence-electron chi connectivity index (χ1n) is 5.53. The number of guanidine groups is 1. The number of carboxylic acid groups (broad SMARTS) is 2. The maximum absolute atomic E-state index is 11.7. The van der Waals surface area contributed by atoms with Crippen LogP contribution in [0.25, 0.3) is 0 Å². The molecular weight excluding hydrogens is 256 g/mol. The molecule has 0 heterocycles. The number of carboxylic acids is 2. The average molecular weight is 274 g/mol. The summed E-state index contributed by atoms with van der Waals surface area (Å²) in [7, 11) is 0. The highest BCUT2D eigenvalue weighted by atomic mass is 16.4. The molecule has 0 aliphatic rings. The summed E-state index contributed by atoms with van der Waals surface area (Å²) in [6.45, 7) is 0.140. The van der Waals surface area contributed by atoms with Crippen LogP contribution in [0.3, 0.4) is 0 Å². The third kappa shape index (κ3) is 5.82. The molecule has 0 aromatic heterocycles. The van der Waals surface area contributed by atoms with Gasteiger partial charge in [-0.05, 0) is 12.8 Å². The highest BCUT2D eigenvalue weighted by molar-refractivity contribution is 6.08. The van der Waals surface area contributed by atoms with Crippen LogP contribution in [-0.2, 0) is 14.4 Å². The molecule has 0 spiro atoms. The molecule has 0 aliphatic heterocycles. The number of carbonyl (C=O) groups excluding carboxylic acids is 1. The molecule has 0 rings (SSSR count). The van der Waals surface area contributed by atoms with Gasteiger partial charge in [0.25, 0.3) is 0 Å². The number of nitrogens with zero attached hydrogens (tertiary/aromatic N) is 1. The second-order valence-corrected chi connectivity index (χ2v) is 4.00. The zero-order valence-electron chi connectivity index (χ0n) is 10.3. The summed E-state index contributed by atoms with van der Waals surface area (Å²) < 4.78 is 0. The predicted octanol–water partition coefficient (Wildman–Crippen LogP) is -1.74. The van der Waals surface area contributed by atoms with Gasteiger partial charge < -0.3 is 27.4 Å². The van der Waals surface area contributed by atoms with E-state index < -0.39 is 36.1 Å². The van der Waals surface area contributed by atoms with Crippen LogP contribution in [0.4, 0.5) is 0 Å². The maximum Gasteiger partial charge on any atom is 0.331 e. The molecule has 0 aromatic rings. The number of ketones is 1. The molecule has 0 saturated carbocycles. The molecule has 0 bridgehead atoms. The standard InChI is InChI=1S/C10H18N4O5/c11-9(12)14-5-1-4-10(13,8(18)19)6(15)2-3-7(16)17/h1-5,13H2,(H,16,17)(H,18,19)(H4,11,12,14)/t10-/m1/s1. The smallest absolute Gasteiger partial charge is 0.331 e. The molecule has 8 N–H and O–H groups in total. The molecule has 108 valence electrons. The van der Waals surface area contributed by atoms with Gasteiger partial charge in [-0.1, -0.05) is 0 Å². The zero-order chi connectivity index (χ0) is 15.1. The van der Waals surface area contributed by atoms with Crippen LogP contribution in [-0.4, -0.2) is 46.0 Å². The van der Waals surface area contributed by atoms with E-state index in [1.165, 1.54) is 0 Å². The van der Waals surface area contributed by atoms with Crippen LogP contribution in [0, 0.1) is 0 Å². The highest BCUT2D eigenvalue weighted by Crippen LogP contribution is 2.15. The van der Waals surface area contributed by atoms with Crippen LogP contribution in [0.1, 0.15) is 25.7 Å². The second kappa shape index (κ2) is 7.31. The topological polar surface area (TPSA) is 182 Å². The van der Waals surface area contributed by atoms with E-state index in [2.05, 4.69) is 4.99 Å². The number of hydrogen-bond acceptors (Lipinski definition) is 5. The number of carbonyl (C=O) groups is 3.